The van der Waals surface area contributed by atoms with Crippen molar-refractivity contribution in [3.8, 4) is 0 Å². The first-order chi connectivity index (χ1) is 6.49. The molecule has 2 aliphatic rings. The molecule has 14 heavy (non-hydrogen) atoms. The zero-order valence-electron chi connectivity index (χ0n) is 7.58. The van der Waals surface area contributed by atoms with E-state index in [2.05, 4.69) is 0 Å². The molecule has 3 nitrogen and oxygen atoms in total. The largest absolute Gasteiger partial charge is 0.481 e. The molecule has 1 N–H and O–H groups in total. The molecule has 80 valence electrons. The average molecular weight is 206 g/mol. The highest BCUT2D eigenvalue weighted by Crippen LogP contribution is 2.47. The summed E-state index contributed by atoms with van der Waals surface area (Å²) in [6.07, 6.45) is 0.225. The molecule has 2 saturated heterocycles. The lowest BCUT2D eigenvalue weighted by molar-refractivity contribution is -0.151. The highest BCUT2D eigenvalue weighted by Gasteiger charge is 2.53. The van der Waals surface area contributed by atoms with Gasteiger partial charge in [0.05, 0.1) is 18.1 Å². The number of carbonyl (C=O) groups is 1. The van der Waals surface area contributed by atoms with Crippen LogP contribution in [-0.2, 0) is 9.53 Å². The molecule has 3 atom stereocenters. The van der Waals surface area contributed by atoms with Gasteiger partial charge in [-0.3, -0.25) is 4.79 Å². The van der Waals surface area contributed by atoms with Crippen molar-refractivity contribution in [2.75, 3.05) is 0 Å². The first-order valence-corrected chi connectivity index (χ1v) is 4.74. The van der Waals surface area contributed by atoms with Crippen molar-refractivity contribution in [1.29, 1.82) is 0 Å². The van der Waals surface area contributed by atoms with Crippen LogP contribution in [-0.4, -0.2) is 29.2 Å². The third kappa shape index (κ3) is 1.61. The van der Waals surface area contributed by atoms with Gasteiger partial charge < -0.3 is 9.84 Å². The zero-order chi connectivity index (χ0) is 10.3. The van der Waals surface area contributed by atoms with E-state index in [0.29, 0.717) is 12.8 Å². The second-order valence-electron chi connectivity index (χ2n) is 4.05. The van der Waals surface area contributed by atoms with Gasteiger partial charge in [-0.1, -0.05) is 0 Å². The Morgan fingerprint density at radius 3 is 2.64 bits per heavy atom. The lowest BCUT2D eigenvalue weighted by Gasteiger charge is -2.26. The van der Waals surface area contributed by atoms with Crippen molar-refractivity contribution >= 4 is 5.97 Å². The lowest BCUT2D eigenvalue weighted by Crippen LogP contribution is -2.37. The van der Waals surface area contributed by atoms with E-state index >= 15 is 0 Å². The summed E-state index contributed by atoms with van der Waals surface area (Å²) in [6.45, 7) is 0. The maximum atomic E-state index is 13.4. The molecule has 0 aromatic heterocycles. The maximum absolute atomic E-state index is 13.4. The number of fused-ring (bicyclic) bond motifs is 2. The van der Waals surface area contributed by atoms with Gasteiger partial charge in [-0.2, -0.15) is 0 Å². The van der Waals surface area contributed by atoms with Crippen LogP contribution in [0.25, 0.3) is 0 Å². The fourth-order valence-corrected chi connectivity index (χ4v) is 2.41. The second kappa shape index (κ2) is 3.15. The van der Waals surface area contributed by atoms with Crippen LogP contribution in [0, 0.1) is 5.92 Å². The standard InChI is InChI=1S/C9H12F2O3/c10-9(11,4-8(12)13)6-3-5-1-2-7(6)14-5/h5-7H,1-4H2,(H,12,13). The lowest BCUT2D eigenvalue weighted by atomic mass is 9.83. The Bertz CT molecular complexity index is 254. The quantitative estimate of drug-likeness (QED) is 0.763. The Morgan fingerprint density at radius 1 is 1.50 bits per heavy atom. The molecule has 0 aliphatic carbocycles. The van der Waals surface area contributed by atoms with E-state index in [1.165, 1.54) is 0 Å². The van der Waals surface area contributed by atoms with Crippen LogP contribution in [0.4, 0.5) is 8.78 Å². The van der Waals surface area contributed by atoms with Crippen molar-refractivity contribution in [3.05, 3.63) is 0 Å². The summed E-state index contributed by atoms with van der Waals surface area (Å²) >= 11 is 0. The number of halogens is 2. The molecule has 0 aromatic carbocycles. The molecular formula is C9H12F2O3. The summed E-state index contributed by atoms with van der Waals surface area (Å²) in [5.74, 6) is -5.46. The van der Waals surface area contributed by atoms with E-state index in [0.717, 1.165) is 6.42 Å². The van der Waals surface area contributed by atoms with Crippen LogP contribution < -0.4 is 0 Å². The van der Waals surface area contributed by atoms with Crippen LogP contribution in [0.1, 0.15) is 25.7 Å². The summed E-state index contributed by atoms with van der Waals surface area (Å²) in [4.78, 5) is 10.3. The van der Waals surface area contributed by atoms with Gasteiger partial charge >= 0.3 is 5.97 Å². The van der Waals surface area contributed by atoms with E-state index in [1.807, 2.05) is 0 Å². The summed E-state index contributed by atoms with van der Waals surface area (Å²) in [6, 6.07) is 0. The number of carboxylic acid groups (broad SMARTS) is 1. The van der Waals surface area contributed by atoms with Crippen LogP contribution >= 0.6 is 0 Å². The number of rotatable bonds is 3. The van der Waals surface area contributed by atoms with E-state index in [9.17, 15) is 13.6 Å². The molecule has 0 saturated carbocycles. The van der Waals surface area contributed by atoms with Gasteiger partial charge in [0.2, 0.25) is 0 Å². The molecule has 2 bridgehead atoms. The Balaban J connectivity index is 2.03. The van der Waals surface area contributed by atoms with Crippen LogP contribution in [0.5, 0.6) is 0 Å². The van der Waals surface area contributed by atoms with Gasteiger partial charge in [0.15, 0.2) is 0 Å². The molecule has 5 heteroatoms. The first kappa shape index (κ1) is 9.83. The van der Waals surface area contributed by atoms with Gasteiger partial charge in [-0.25, -0.2) is 8.78 Å². The number of hydrogen-bond acceptors (Lipinski definition) is 2. The fraction of sp³-hybridized carbons (Fsp3) is 0.889. The predicted molar refractivity (Wildman–Crippen MR) is 43.2 cm³/mol. The molecule has 0 amide bonds. The Kier molecular flexibility index (Phi) is 2.21. The number of alkyl halides is 2. The van der Waals surface area contributed by atoms with E-state index in [4.69, 9.17) is 9.84 Å². The Labute approximate surface area is 80.0 Å². The molecular weight excluding hydrogens is 194 g/mol. The van der Waals surface area contributed by atoms with Crippen LogP contribution in [0.2, 0.25) is 0 Å². The highest BCUT2D eigenvalue weighted by atomic mass is 19.3. The third-order valence-electron chi connectivity index (χ3n) is 3.04. The van der Waals surface area contributed by atoms with Gasteiger partial charge in [-0.05, 0) is 19.3 Å². The molecule has 3 unspecified atom stereocenters. The first-order valence-electron chi connectivity index (χ1n) is 4.74. The minimum Gasteiger partial charge on any atom is -0.481 e. The summed E-state index contributed by atoms with van der Waals surface area (Å²) in [7, 11) is 0. The predicted octanol–water partition coefficient (Wildman–Crippen LogP) is 1.66. The molecule has 2 rings (SSSR count). The van der Waals surface area contributed by atoms with Crippen molar-refractivity contribution in [2.45, 2.75) is 43.8 Å². The monoisotopic (exact) mass is 206 g/mol. The minimum absolute atomic E-state index is 0.0651. The molecule has 2 fully saturated rings. The average Bonchev–Trinajstić information content (AvgIpc) is 2.60. The van der Waals surface area contributed by atoms with Crippen LogP contribution in [0.3, 0.4) is 0 Å². The second-order valence-corrected chi connectivity index (χ2v) is 4.05. The van der Waals surface area contributed by atoms with E-state index < -0.39 is 30.3 Å². The number of carboxylic acids is 1. The molecule has 2 aliphatic heterocycles. The maximum Gasteiger partial charge on any atom is 0.309 e. The molecule has 0 radical (unpaired) electrons. The Morgan fingerprint density at radius 2 is 2.21 bits per heavy atom. The third-order valence-corrected chi connectivity index (χ3v) is 3.04. The fourth-order valence-electron chi connectivity index (χ4n) is 2.41. The molecule has 2 heterocycles. The van der Waals surface area contributed by atoms with Crippen molar-refractivity contribution in [1.82, 2.24) is 0 Å². The van der Waals surface area contributed by atoms with Gasteiger partial charge in [0.1, 0.15) is 6.42 Å². The highest BCUT2D eigenvalue weighted by molar-refractivity contribution is 5.67. The summed E-state index contributed by atoms with van der Waals surface area (Å²) in [5, 5.41) is 8.36. The Hall–Kier alpha value is -0.710. The molecule has 0 spiro atoms. The van der Waals surface area contributed by atoms with Gasteiger partial charge in [0, 0.05) is 0 Å². The normalized spacial score (nSPS) is 36.3. The van der Waals surface area contributed by atoms with Crippen molar-refractivity contribution in [3.63, 3.8) is 0 Å². The van der Waals surface area contributed by atoms with Gasteiger partial charge in [0.25, 0.3) is 5.92 Å². The van der Waals surface area contributed by atoms with Gasteiger partial charge in [-0.15, -0.1) is 0 Å². The zero-order valence-corrected chi connectivity index (χ0v) is 7.58. The van der Waals surface area contributed by atoms with E-state index in [1.54, 1.807) is 0 Å². The number of ether oxygens (including phenoxy) is 1. The van der Waals surface area contributed by atoms with E-state index in [-0.39, 0.29) is 6.10 Å². The van der Waals surface area contributed by atoms with Crippen molar-refractivity contribution < 1.29 is 23.4 Å². The van der Waals surface area contributed by atoms with Crippen molar-refractivity contribution in [2.24, 2.45) is 5.92 Å². The number of aliphatic carboxylic acids is 1. The smallest absolute Gasteiger partial charge is 0.309 e. The summed E-state index contributed by atoms with van der Waals surface area (Å²) in [5.41, 5.74) is 0. The minimum atomic E-state index is -3.12. The van der Waals surface area contributed by atoms with Crippen LogP contribution in [0.15, 0.2) is 0 Å². The topological polar surface area (TPSA) is 46.5 Å². The SMILES string of the molecule is O=C(O)CC(F)(F)C1CC2CCC1O2. The summed E-state index contributed by atoms with van der Waals surface area (Å²) < 4.78 is 32.0. The molecule has 0 aromatic rings. The number of hydrogen-bond donors (Lipinski definition) is 1.